The van der Waals surface area contributed by atoms with Crippen molar-refractivity contribution in [1.82, 2.24) is 20.4 Å². The van der Waals surface area contributed by atoms with E-state index in [-0.39, 0.29) is 5.54 Å². The molecule has 0 radical (unpaired) electrons. The standard InChI is InChI=1S/C15H33N5O/c1-6-19(5)8-7-17-14(16-4)18-13-15(2,3)20-9-11-21-12-10-20/h6-13H2,1-5H3,(H2,16,17,18). The van der Waals surface area contributed by atoms with Crippen molar-refractivity contribution < 1.29 is 4.74 Å². The third-order valence-electron chi connectivity index (χ3n) is 4.11. The molecule has 1 heterocycles. The molecule has 1 fully saturated rings. The fourth-order valence-electron chi connectivity index (χ4n) is 2.32. The lowest BCUT2D eigenvalue weighted by molar-refractivity contribution is -0.00834. The number of ether oxygens (including phenoxy) is 1. The molecule has 124 valence electrons. The molecule has 6 heteroatoms. The van der Waals surface area contributed by atoms with Crippen molar-refractivity contribution in [3.63, 3.8) is 0 Å². The summed E-state index contributed by atoms with van der Waals surface area (Å²) in [6, 6.07) is 0. The zero-order valence-electron chi connectivity index (χ0n) is 14.4. The molecule has 21 heavy (non-hydrogen) atoms. The van der Waals surface area contributed by atoms with Crippen LogP contribution in [0.15, 0.2) is 4.99 Å². The van der Waals surface area contributed by atoms with Crippen LogP contribution >= 0.6 is 0 Å². The number of nitrogens with one attached hydrogen (secondary N) is 2. The summed E-state index contributed by atoms with van der Waals surface area (Å²) in [5.74, 6) is 0.876. The van der Waals surface area contributed by atoms with Crippen molar-refractivity contribution in [2.24, 2.45) is 4.99 Å². The average molecular weight is 299 g/mol. The first kappa shape index (κ1) is 18.2. The first-order valence-corrected chi connectivity index (χ1v) is 7.95. The molecule has 1 saturated heterocycles. The van der Waals surface area contributed by atoms with Crippen LogP contribution in [0.25, 0.3) is 0 Å². The lowest BCUT2D eigenvalue weighted by atomic mass is 10.0. The van der Waals surface area contributed by atoms with E-state index >= 15 is 0 Å². The van der Waals surface area contributed by atoms with Crippen LogP contribution in [0.3, 0.4) is 0 Å². The van der Waals surface area contributed by atoms with Gasteiger partial charge in [-0.15, -0.1) is 0 Å². The lowest BCUT2D eigenvalue weighted by Gasteiger charge is -2.41. The average Bonchev–Trinajstić information content (AvgIpc) is 2.51. The summed E-state index contributed by atoms with van der Waals surface area (Å²) in [4.78, 5) is 9.04. The highest BCUT2D eigenvalue weighted by Crippen LogP contribution is 2.14. The molecule has 0 bridgehead atoms. The quantitative estimate of drug-likeness (QED) is 0.520. The molecule has 0 saturated carbocycles. The number of likely N-dealkylation sites (N-methyl/N-ethyl adjacent to an activating group) is 1. The number of hydrogen-bond acceptors (Lipinski definition) is 4. The van der Waals surface area contributed by atoms with Crippen LogP contribution in [0, 0.1) is 0 Å². The van der Waals surface area contributed by atoms with Gasteiger partial charge in [0, 0.05) is 45.3 Å². The largest absolute Gasteiger partial charge is 0.379 e. The van der Waals surface area contributed by atoms with Gasteiger partial charge in [-0.2, -0.15) is 0 Å². The van der Waals surface area contributed by atoms with Gasteiger partial charge in [-0.25, -0.2) is 0 Å². The third kappa shape index (κ3) is 6.63. The second kappa shape index (κ2) is 9.23. The van der Waals surface area contributed by atoms with Gasteiger partial charge in [0.2, 0.25) is 0 Å². The minimum Gasteiger partial charge on any atom is -0.379 e. The maximum Gasteiger partial charge on any atom is 0.191 e. The van der Waals surface area contributed by atoms with Gasteiger partial charge >= 0.3 is 0 Å². The first-order valence-electron chi connectivity index (χ1n) is 7.95. The van der Waals surface area contributed by atoms with Crippen LogP contribution in [-0.4, -0.2) is 87.9 Å². The molecule has 0 atom stereocenters. The highest BCUT2D eigenvalue weighted by molar-refractivity contribution is 5.79. The Morgan fingerprint density at radius 2 is 1.95 bits per heavy atom. The van der Waals surface area contributed by atoms with Gasteiger partial charge in [0.25, 0.3) is 0 Å². The summed E-state index contributed by atoms with van der Waals surface area (Å²) in [7, 11) is 3.94. The van der Waals surface area contributed by atoms with Gasteiger partial charge in [0.05, 0.1) is 13.2 Å². The van der Waals surface area contributed by atoms with Crippen LogP contribution in [0.2, 0.25) is 0 Å². The Bertz CT molecular complexity index is 313. The molecular formula is C15H33N5O. The Hall–Kier alpha value is -0.850. The van der Waals surface area contributed by atoms with Crippen molar-refractivity contribution in [1.29, 1.82) is 0 Å². The van der Waals surface area contributed by atoms with Crippen molar-refractivity contribution in [3.05, 3.63) is 0 Å². The van der Waals surface area contributed by atoms with Crippen molar-refractivity contribution in [2.45, 2.75) is 26.3 Å². The maximum atomic E-state index is 5.42. The van der Waals surface area contributed by atoms with E-state index in [1.54, 1.807) is 0 Å². The molecule has 2 N–H and O–H groups in total. The second-order valence-corrected chi connectivity index (χ2v) is 6.16. The Labute approximate surface area is 129 Å². The molecule has 0 amide bonds. The predicted molar refractivity (Wildman–Crippen MR) is 89.0 cm³/mol. The summed E-state index contributed by atoms with van der Waals surface area (Å²) in [6.07, 6.45) is 0. The van der Waals surface area contributed by atoms with E-state index in [1.165, 1.54) is 0 Å². The molecule has 6 nitrogen and oxygen atoms in total. The number of hydrogen-bond donors (Lipinski definition) is 2. The van der Waals surface area contributed by atoms with Crippen LogP contribution in [0.5, 0.6) is 0 Å². The van der Waals surface area contributed by atoms with Gasteiger partial charge in [0.15, 0.2) is 5.96 Å². The molecule has 0 spiro atoms. The van der Waals surface area contributed by atoms with E-state index in [9.17, 15) is 0 Å². The number of guanidine groups is 1. The molecule has 0 aromatic carbocycles. The molecule has 0 unspecified atom stereocenters. The van der Waals surface area contributed by atoms with E-state index in [1.807, 2.05) is 7.05 Å². The second-order valence-electron chi connectivity index (χ2n) is 6.16. The third-order valence-corrected chi connectivity index (χ3v) is 4.11. The van der Waals surface area contributed by atoms with Crippen LogP contribution in [0.4, 0.5) is 0 Å². The normalized spacial score (nSPS) is 18.1. The molecule has 1 aliphatic rings. The van der Waals surface area contributed by atoms with Crippen molar-refractivity contribution in [2.75, 3.05) is 66.6 Å². The molecule has 1 rings (SSSR count). The van der Waals surface area contributed by atoms with Gasteiger partial charge in [-0.3, -0.25) is 9.89 Å². The monoisotopic (exact) mass is 299 g/mol. The van der Waals surface area contributed by atoms with Gasteiger partial charge in [-0.05, 0) is 27.4 Å². The van der Waals surface area contributed by atoms with E-state index in [0.717, 1.165) is 58.4 Å². The first-order chi connectivity index (χ1) is 9.99. The zero-order valence-corrected chi connectivity index (χ0v) is 14.4. The van der Waals surface area contributed by atoms with Crippen molar-refractivity contribution >= 4 is 5.96 Å². The van der Waals surface area contributed by atoms with E-state index in [0.29, 0.717) is 0 Å². The Morgan fingerprint density at radius 1 is 1.29 bits per heavy atom. The molecule has 0 aromatic heterocycles. The topological polar surface area (TPSA) is 52.1 Å². The lowest BCUT2D eigenvalue weighted by Crippen LogP contribution is -2.56. The smallest absolute Gasteiger partial charge is 0.191 e. The summed E-state index contributed by atoms with van der Waals surface area (Å²) in [6.45, 7) is 14.2. The summed E-state index contributed by atoms with van der Waals surface area (Å²) >= 11 is 0. The maximum absolute atomic E-state index is 5.42. The Balaban J connectivity index is 2.32. The van der Waals surface area contributed by atoms with Gasteiger partial charge in [-0.1, -0.05) is 6.92 Å². The van der Waals surface area contributed by atoms with Crippen LogP contribution in [-0.2, 0) is 4.74 Å². The summed E-state index contributed by atoms with van der Waals surface area (Å²) in [5.41, 5.74) is 0.0988. The SMILES string of the molecule is CCN(C)CCNC(=NC)NCC(C)(C)N1CCOCC1. The highest BCUT2D eigenvalue weighted by Gasteiger charge is 2.28. The summed E-state index contributed by atoms with van der Waals surface area (Å²) < 4.78 is 5.42. The zero-order chi connectivity index (χ0) is 15.7. The number of nitrogens with zero attached hydrogens (tertiary/aromatic N) is 3. The Kier molecular flexibility index (Phi) is 8.00. The predicted octanol–water partition coefficient (Wildman–Crippen LogP) is 0.214. The molecular weight excluding hydrogens is 266 g/mol. The minimum atomic E-state index is 0.0988. The van der Waals surface area contributed by atoms with Crippen LogP contribution in [0.1, 0.15) is 20.8 Å². The number of rotatable bonds is 7. The van der Waals surface area contributed by atoms with E-state index in [2.05, 4.69) is 53.2 Å². The van der Waals surface area contributed by atoms with Gasteiger partial charge in [0.1, 0.15) is 0 Å². The Morgan fingerprint density at radius 3 is 2.52 bits per heavy atom. The molecule has 0 aromatic rings. The van der Waals surface area contributed by atoms with E-state index < -0.39 is 0 Å². The van der Waals surface area contributed by atoms with Crippen LogP contribution < -0.4 is 10.6 Å². The molecule has 0 aliphatic carbocycles. The van der Waals surface area contributed by atoms with Gasteiger partial charge < -0.3 is 20.3 Å². The van der Waals surface area contributed by atoms with E-state index in [4.69, 9.17) is 4.74 Å². The molecule has 1 aliphatic heterocycles. The summed E-state index contributed by atoms with van der Waals surface area (Å²) in [5, 5.41) is 6.80. The number of morpholine rings is 1. The fourth-order valence-corrected chi connectivity index (χ4v) is 2.32. The minimum absolute atomic E-state index is 0.0988. The van der Waals surface area contributed by atoms with Crippen molar-refractivity contribution in [3.8, 4) is 0 Å². The highest BCUT2D eigenvalue weighted by atomic mass is 16.5. The fraction of sp³-hybridized carbons (Fsp3) is 0.933. The number of aliphatic imine (C=N–C) groups is 1.